The smallest absolute Gasteiger partial charge is 0.300 e. The van der Waals surface area contributed by atoms with Gasteiger partial charge in [0.1, 0.15) is 17.6 Å². The molecule has 0 aliphatic carbocycles. The number of rotatable bonds is 6. The van der Waals surface area contributed by atoms with Crippen LogP contribution in [0, 0.1) is 0 Å². The molecular formula is C25H21NO6S. The van der Waals surface area contributed by atoms with Gasteiger partial charge in [-0.1, -0.05) is 13.0 Å². The zero-order valence-electron chi connectivity index (χ0n) is 17.8. The minimum atomic E-state index is -0.763. The number of hydrogen-bond donors (Lipinski definition) is 1. The van der Waals surface area contributed by atoms with Gasteiger partial charge in [0.05, 0.1) is 12.2 Å². The summed E-state index contributed by atoms with van der Waals surface area (Å²) in [7, 11) is 0. The molecule has 7 nitrogen and oxygen atoms in total. The Hall–Kier alpha value is -3.78. The number of hydrogen-bond acceptors (Lipinski definition) is 7. The van der Waals surface area contributed by atoms with Gasteiger partial charge in [0.15, 0.2) is 11.5 Å². The molecule has 0 bridgehead atoms. The minimum Gasteiger partial charge on any atom is -0.507 e. The van der Waals surface area contributed by atoms with Gasteiger partial charge >= 0.3 is 0 Å². The highest BCUT2D eigenvalue weighted by Crippen LogP contribution is 2.45. The molecule has 1 amide bonds. The molecule has 3 aromatic rings. The van der Waals surface area contributed by atoms with Crippen molar-refractivity contribution in [1.82, 2.24) is 0 Å². The van der Waals surface area contributed by atoms with E-state index in [0.29, 0.717) is 35.1 Å². The first kappa shape index (κ1) is 21.1. The van der Waals surface area contributed by atoms with Crippen molar-refractivity contribution in [2.75, 3.05) is 18.3 Å². The van der Waals surface area contributed by atoms with Gasteiger partial charge in [-0.3, -0.25) is 14.5 Å². The number of carbonyl (C=O) groups is 2. The van der Waals surface area contributed by atoms with Crippen molar-refractivity contribution in [3.8, 4) is 17.2 Å². The van der Waals surface area contributed by atoms with E-state index >= 15 is 0 Å². The zero-order valence-corrected chi connectivity index (χ0v) is 18.6. The lowest BCUT2D eigenvalue weighted by atomic mass is 9.99. The zero-order chi connectivity index (χ0) is 22.9. The molecule has 1 N–H and O–H groups in total. The van der Waals surface area contributed by atoms with Crippen molar-refractivity contribution in [3.05, 3.63) is 76.0 Å². The third-order valence-corrected chi connectivity index (χ3v) is 6.42. The molecule has 2 aliphatic rings. The number of ether oxygens (including phenoxy) is 3. The molecule has 1 saturated heterocycles. The first-order chi connectivity index (χ1) is 16.1. The summed E-state index contributed by atoms with van der Waals surface area (Å²) < 4.78 is 16.4. The van der Waals surface area contributed by atoms with Crippen LogP contribution in [0.4, 0.5) is 5.69 Å². The number of Topliss-reactive ketones (excluding diaryl/α,β-unsaturated/α-hetero) is 1. The van der Waals surface area contributed by atoms with Crippen LogP contribution in [0.1, 0.15) is 29.8 Å². The predicted molar refractivity (Wildman–Crippen MR) is 124 cm³/mol. The van der Waals surface area contributed by atoms with Crippen molar-refractivity contribution in [2.24, 2.45) is 0 Å². The Balaban J connectivity index is 1.59. The second-order valence-electron chi connectivity index (χ2n) is 7.59. The van der Waals surface area contributed by atoms with Gasteiger partial charge in [-0.25, -0.2) is 0 Å². The summed E-state index contributed by atoms with van der Waals surface area (Å²) in [5.74, 6) is 0.0723. The molecule has 3 heterocycles. The fraction of sp³-hybridized carbons (Fsp3) is 0.200. The molecule has 0 radical (unpaired) electrons. The fourth-order valence-electron chi connectivity index (χ4n) is 3.93. The standard InChI is InChI=1S/C25H21NO6S/c1-2-11-30-17-8-5-15(6-9-17)23(27)21-22(20-4-3-12-33-20)26(25(29)24(21)28)16-7-10-18-19(13-16)32-14-31-18/h3-10,12-13,22,27H,2,11,14H2,1H3/b23-21-. The Kier molecular flexibility index (Phi) is 5.51. The van der Waals surface area contributed by atoms with E-state index in [2.05, 4.69) is 0 Å². The first-order valence-electron chi connectivity index (χ1n) is 10.6. The normalized spacial score (nSPS) is 18.7. The van der Waals surface area contributed by atoms with E-state index in [4.69, 9.17) is 14.2 Å². The van der Waals surface area contributed by atoms with Crippen LogP contribution in [0.2, 0.25) is 0 Å². The summed E-state index contributed by atoms with van der Waals surface area (Å²) in [6, 6.07) is 14.8. The minimum absolute atomic E-state index is 0.0438. The van der Waals surface area contributed by atoms with Gasteiger partial charge in [0, 0.05) is 22.2 Å². The Labute approximate surface area is 194 Å². The molecule has 0 spiro atoms. The van der Waals surface area contributed by atoms with Crippen molar-refractivity contribution in [1.29, 1.82) is 0 Å². The van der Waals surface area contributed by atoms with Crippen LogP contribution in [0.5, 0.6) is 17.2 Å². The van der Waals surface area contributed by atoms with E-state index < -0.39 is 17.7 Å². The van der Waals surface area contributed by atoms with Crippen LogP contribution >= 0.6 is 11.3 Å². The quantitative estimate of drug-likeness (QED) is 0.318. The lowest BCUT2D eigenvalue weighted by molar-refractivity contribution is -0.132. The van der Waals surface area contributed by atoms with Gasteiger partial charge in [-0.15, -0.1) is 11.3 Å². The van der Waals surface area contributed by atoms with Gasteiger partial charge in [0.2, 0.25) is 6.79 Å². The molecule has 2 aliphatic heterocycles. The molecule has 1 unspecified atom stereocenters. The highest BCUT2D eigenvalue weighted by atomic mass is 32.1. The monoisotopic (exact) mass is 463 g/mol. The summed E-state index contributed by atoms with van der Waals surface area (Å²) in [4.78, 5) is 28.5. The Morgan fingerprint density at radius 1 is 1.12 bits per heavy atom. The van der Waals surface area contributed by atoms with Gasteiger partial charge < -0.3 is 19.3 Å². The molecule has 33 heavy (non-hydrogen) atoms. The van der Waals surface area contributed by atoms with Crippen LogP contribution in [0.15, 0.2) is 65.6 Å². The van der Waals surface area contributed by atoms with Crippen LogP contribution in [-0.2, 0) is 9.59 Å². The lowest BCUT2D eigenvalue weighted by Gasteiger charge is -2.24. The SMILES string of the molecule is CCCOc1ccc(/C(O)=C2/C(=O)C(=O)N(c3ccc4c(c3)OCO4)C2c2cccs2)cc1. The van der Waals surface area contributed by atoms with Crippen molar-refractivity contribution < 1.29 is 28.9 Å². The highest BCUT2D eigenvalue weighted by molar-refractivity contribution is 7.10. The molecular weight excluding hydrogens is 442 g/mol. The fourth-order valence-corrected chi connectivity index (χ4v) is 4.76. The molecule has 8 heteroatoms. The third-order valence-electron chi connectivity index (χ3n) is 5.49. The van der Waals surface area contributed by atoms with E-state index in [1.807, 2.05) is 24.4 Å². The molecule has 168 valence electrons. The molecule has 1 atom stereocenters. The maximum atomic E-state index is 13.2. The van der Waals surface area contributed by atoms with Crippen LogP contribution in [0.25, 0.3) is 5.76 Å². The van der Waals surface area contributed by atoms with Crippen LogP contribution in [0.3, 0.4) is 0 Å². The maximum absolute atomic E-state index is 13.2. The van der Waals surface area contributed by atoms with Crippen molar-refractivity contribution in [2.45, 2.75) is 19.4 Å². The number of aliphatic hydroxyl groups excluding tert-OH is 1. The molecule has 5 rings (SSSR count). The lowest BCUT2D eigenvalue weighted by Crippen LogP contribution is -2.29. The Morgan fingerprint density at radius 2 is 1.91 bits per heavy atom. The predicted octanol–water partition coefficient (Wildman–Crippen LogP) is 4.89. The van der Waals surface area contributed by atoms with E-state index in [9.17, 15) is 14.7 Å². The van der Waals surface area contributed by atoms with E-state index in [1.165, 1.54) is 16.2 Å². The number of thiophene rings is 1. The molecule has 2 aromatic carbocycles. The first-order valence-corrected chi connectivity index (χ1v) is 11.4. The largest absolute Gasteiger partial charge is 0.507 e. The molecule has 1 fully saturated rings. The van der Waals surface area contributed by atoms with Crippen molar-refractivity contribution >= 4 is 34.5 Å². The number of carbonyl (C=O) groups excluding carboxylic acids is 2. The number of fused-ring (bicyclic) bond motifs is 1. The topological polar surface area (TPSA) is 85.3 Å². The molecule has 1 aromatic heterocycles. The van der Waals surface area contributed by atoms with Crippen molar-refractivity contribution in [3.63, 3.8) is 0 Å². The Bertz CT molecular complexity index is 1230. The van der Waals surface area contributed by atoms with E-state index in [-0.39, 0.29) is 18.1 Å². The summed E-state index contributed by atoms with van der Waals surface area (Å²) in [6.45, 7) is 2.71. The summed E-state index contributed by atoms with van der Waals surface area (Å²) in [5, 5.41) is 13.0. The van der Waals surface area contributed by atoms with Gasteiger partial charge in [-0.05, 0) is 54.3 Å². The second-order valence-corrected chi connectivity index (χ2v) is 8.57. The van der Waals surface area contributed by atoms with E-state index in [0.717, 1.165) is 11.3 Å². The number of nitrogens with zero attached hydrogens (tertiary/aromatic N) is 1. The number of aliphatic hydroxyl groups is 1. The average Bonchev–Trinajstić information content (AvgIpc) is 3.58. The van der Waals surface area contributed by atoms with Crippen LogP contribution in [-0.4, -0.2) is 30.2 Å². The summed E-state index contributed by atoms with van der Waals surface area (Å²) in [5.41, 5.74) is 0.966. The summed E-state index contributed by atoms with van der Waals surface area (Å²) in [6.07, 6.45) is 0.881. The average molecular weight is 464 g/mol. The molecule has 0 saturated carbocycles. The summed E-state index contributed by atoms with van der Waals surface area (Å²) >= 11 is 1.41. The highest BCUT2D eigenvalue weighted by Gasteiger charge is 2.47. The van der Waals surface area contributed by atoms with Crippen LogP contribution < -0.4 is 19.1 Å². The number of amides is 1. The number of anilines is 1. The Morgan fingerprint density at radius 3 is 2.64 bits per heavy atom. The van der Waals surface area contributed by atoms with E-state index in [1.54, 1.807) is 42.5 Å². The second kappa shape index (κ2) is 8.63. The third kappa shape index (κ3) is 3.72. The van der Waals surface area contributed by atoms with Gasteiger partial charge in [0.25, 0.3) is 11.7 Å². The number of ketones is 1. The maximum Gasteiger partial charge on any atom is 0.300 e. The van der Waals surface area contributed by atoms with Gasteiger partial charge in [-0.2, -0.15) is 0 Å². The number of benzene rings is 2.